The molecule has 0 atom stereocenters. The molecule has 0 bridgehead atoms. The summed E-state index contributed by atoms with van der Waals surface area (Å²) in [5, 5.41) is 16.6. The fraction of sp³-hybridized carbons (Fsp3) is 0.185. The van der Waals surface area contributed by atoms with Gasteiger partial charge in [-0.2, -0.15) is 0 Å². The third-order valence-electron chi connectivity index (χ3n) is 5.19. The van der Waals surface area contributed by atoms with Crippen molar-refractivity contribution in [3.05, 3.63) is 117 Å². The van der Waals surface area contributed by atoms with Crippen LogP contribution in [0.4, 0.5) is 5.69 Å². The van der Waals surface area contributed by atoms with Crippen molar-refractivity contribution in [2.45, 2.75) is 32.7 Å². The second-order valence-electron chi connectivity index (χ2n) is 8.86. The molecule has 0 aliphatic rings. The van der Waals surface area contributed by atoms with E-state index in [2.05, 4.69) is 31.4 Å². The number of non-ortho nitro benzene ring substituents is 1. The van der Waals surface area contributed by atoms with Gasteiger partial charge in [-0.15, -0.1) is 0 Å². The molecule has 0 saturated carbocycles. The molecule has 34 heavy (non-hydrogen) atoms. The van der Waals surface area contributed by atoms with E-state index in [0.29, 0.717) is 11.1 Å². The standard InChI is InChI=1S/C27H27N3O4/c1-27(2,3)22-14-12-21(13-15-22)25(31)29-24(17-20-10-7-11-23(16-20)30(33)34)26(32)28-18-19-8-5-4-6-9-19/h4-17H,18H2,1-3H3,(H,28,32)(H,29,31)/b24-17-. The second-order valence-corrected chi connectivity index (χ2v) is 8.86. The Morgan fingerprint density at radius 3 is 2.24 bits per heavy atom. The third kappa shape index (κ3) is 6.62. The van der Waals surface area contributed by atoms with Gasteiger partial charge in [0, 0.05) is 24.2 Å². The topological polar surface area (TPSA) is 101 Å². The molecule has 2 N–H and O–H groups in total. The van der Waals surface area contributed by atoms with Gasteiger partial charge in [-0.1, -0.05) is 75.4 Å². The van der Waals surface area contributed by atoms with Gasteiger partial charge in [0.05, 0.1) is 4.92 Å². The smallest absolute Gasteiger partial charge is 0.270 e. The average molecular weight is 458 g/mol. The van der Waals surface area contributed by atoms with Gasteiger partial charge in [0.15, 0.2) is 0 Å². The fourth-order valence-corrected chi connectivity index (χ4v) is 3.24. The number of carbonyl (C=O) groups excluding carboxylic acids is 2. The molecule has 0 aromatic heterocycles. The van der Waals surface area contributed by atoms with Crippen LogP contribution in [0.1, 0.15) is 47.8 Å². The van der Waals surface area contributed by atoms with Gasteiger partial charge in [-0.3, -0.25) is 19.7 Å². The summed E-state index contributed by atoms with van der Waals surface area (Å²) in [4.78, 5) is 36.5. The zero-order valence-corrected chi connectivity index (χ0v) is 19.4. The molecule has 0 spiro atoms. The molecule has 174 valence electrons. The first kappa shape index (κ1) is 24.4. The normalized spacial score (nSPS) is 11.6. The molecule has 3 rings (SSSR count). The lowest BCUT2D eigenvalue weighted by molar-refractivity contribution is -0.384. The maximum absolute atomic E-state index is 13.0. The molecule has 7 nitrogen and oxygen atoms in total. The lowest BCUT2D eigenvalue weighted by atomic mass is 9.87. The molecule has 0 aliphatic heterocycles. The Hall–Kier alpha value is -4.26. The van der Waals surface area contributed by atoms with Gasteiger partial charge in [0.2, 0.25) is 0 Å². The SMILES string of the molecule is CC(C)(C)c1ccc(C(=O)N/C(=C\c2cccc([N+](=O)[O-])c2)C(=O)NCc2ccccc2)cc1. The number of hydrogen-bond acceptors (Lipinski definition) is 4. The monoisotopic (exact) mass is 457 g/mol. The number of nitro groups is 1. The zero-order chi connectivity index (χ0) is 24.7. The largest absolute Gasteiger partial charge is 0.347 e. The van der Waals surface area contributed by atoms with Crippen molar-refractivity contribution in [2.24, 2.45) is 0 Å². The summed E-state index contributed by atoms with van der Waals surface area (Å²) in [7, 11) is 0. The van der Waals surface area contributed by atoms with E-state index in [1.54, 1.807) is 18.2 Å². The van der Waals surface area contributed by atoms with Gasteiger partial charge in [0.25, 0.3) is 17.5 Å². The Morgan fingerprint density at radius 2 is 1.62 bits per heavy atom. The Labute approximate surface area is 198 Å². The minimum absolute atomic E-state index is 0.0127. The van der Waals surface area contributed by atoms with Crippen LogP contribution in [0.5, 0.6) is 0 Å². The first-order valence-corrected chi connectivity index (χ1v) is 10.8. The van der Waals surface area contributed by atoms with Crippen molar-refractivity contribution in [3.63, 3.8) is 0 Å². The maximum Gasteiger partial charge on any atom is 0.270 e. The summed E-state index contributed by atoms with van der Waals surface area (Å²) in [6, 6.07) is 22.4. The summed E-state index contributed by atoms with van der Waals surface area (Å²) >= 11 is 0. The zero-order valence-electron chi connectivity index (χ0n) is 19.4. The minimum Gasteiger partial charge on any atom is -0.347 e. The van der Waals surface area contributed by atoms with Crippen LogP contribution in [0.3, 0.4) is 0 Å². The van der Waals surface area contributed by atoms with Crippen LogP contribution >= 0.6 is 0 Å². The molecule has 3 aromatic rings. The maximum atomic E-state index is 13.0. The highest BCUT2D eigenvalue weighted by Gasteiger charge is 2.17. The highest BCUT2D eigenvalue weighted by molar-refractivity contribution is 6.05. The number of benzene rings is 3. The van der Waals surface area contributed by atoms with Gasteiger partial charge in [-0.25, -0.2) is 0 Å². The molecule has 0 aliphatic carbocycles. The lowest BCUT2D eigenvalue weighted by Crippen LogP contribution is -2.34. The van der Waals surface area contributed by atoms with Crippen LogP contribution in [0.2, 0.25) is 0 Å². The fourth-order valence-electron chi connectivity index (χ4n) is 3.24. The van der Waals surface area contributed by atoms with E-state index in [9.17, 15) is 19.7 Å². The van der Waals surface area contributed by atoms with Crippen molar-refractivity contribution in [1.29, 1.82) is 0 Å². The van der Waals surface area contributed by atoms with Crippen molar-refractivity contribution in [1.82, 2.24) is 10.6 Å². The first-order valence-electron chi connectivity index (χ1n) is 10.8. The number of carbonyl (C=O) groups is 2. The van der Waals surface area contributed by atoms with E-state index in [-0.39, 0.29) is 23.3 Å². The Bertz CT molecular complexity index is 1210. The van der Waals surface area contributed by atoms with Crippen LogP contribution in [-0.2, 0) is 16.8 Å². The van der Waals surface area contributed by atoms with Gasteiger partial charge in [-0.05, 0) is 40.3 Å². The highest BCUT2D eigenvalue weighted by atomic mass is 16.6. The van der Waals surface area contributed by atoms with E-state index < -0.39 is 16.7 Å². The molecule has 0 fully saturated rings. The van der Waals surface area contributed by atoms with Crippen molar-refractivity contribution >= 4 is 23.6 Å². The number of rotatable bonds is 7. The summed E-state index contributed by atoms with van der Waals surface area (Å²) in [6.45, 7) is 6.51. The first-order chi connectivity index (χ1) is 16.1. The molecular weight excluding hydrogens is 430 g/mol. The van der Waals surface area contributed by atoms with E-state index in [4.69, 9.17) is 0 Å². The van der Waals surface area contributed by atoms with Crippen LogP contribution in [0.15, 0.2) is 84.6 Å². The molecule has 2 amide bonds. The highest BCUT2D eigenvalue weighted by Crippen LogP contribution is 2.22. The van der Waals surface area contributed by atoms with E-state index in [1.165, 1.54) is 24.3 Å². The van der Waals surface area contributed by atoms with Crippen LogP contribution in [0, 0.1) is 10.1 Å². The number of hydrogen-bond donors (Lipinski definition) is 2. The molecule has 3 aromatic carbocycles. The van der Waals surface area contributed by atoms with Crippen molar-refractivity contribution in [3.8, 4) is 0 Å². The number of amides is 2. The predicted octanol–water partition coefficient (Wildman–Crippen LogP) is 4.98. The average Bonchev–Trinajstić information content (AvgIpc) is 2.82. The van der Waals surface area contributed by atoms with E-state index in [1.807, 2.05) is 42.5 Å². The minimum atomic E-state index is -0.512. The van der Waals surface area contributed by atoms with Crippen LogP contribution < -0.4 is 10.6 Å². The van der Waals surface area contributed by atoms with Crippen molar-refractivity contribution < 1.29 is 14.5 Å². The van der Waals surface area contributed by atoms with Crippen molar-refractivity contribution in [2.75, 3.05) is 0 Å². The Kier molecular flexibility index (Phi) is 7.58. The van der Waals surface area contributed by atoms with Gasteiger partial charge >= 0.3 is 0 Å². The van der Waals surface area contributed by atoms with Crippen LogP contribution in [-0.4, -0.2) is 16.7 Å². The number of nitrogens with zero attached hydrogens (tertiary/aromatic N) is 1. The van der Waals surface area contributed by atoms with Gasteiger partial charge in [0.1, 0.15) is 5.70 Å². The Morgan fingerprint density at radius 1 is 0.941 bits per heavy atom. The van der Waals surface area contributed by atoms with Gasteiger partial charge < -0.3 is 10.6 Å². The number of nitro benzene ring substituents is 1. The summed E-state index contributed by atoms with van der Waals surface area (Å²) in [5.41, 5.74) is 2.62. The third-order valence-corrected chi connectivity index (χ3v) is 5.19. The number of nitrogens with one attached hydrogen (secondary N) is 2. The van der Waals surface area contributed by atoms with E-state index in [0.717, 1.165) is 11.1 Å². The lowest BCUT2D eigenvalue weighted by Gasteiger charge is -2.19. The molecule has 0 saturated heterocycles. The molecule has 0 radical (unpaired) electrons. The second kappa shape index (κ2) is 10.6. The molecule has 0 unspecified atom stereocenters. The summed E-state index contributed by atoms with van der Waals surface area (Å²) in [6.07, 6.45) is 1.43. The molecule has 7 heteroatoms. The summed E-state index contributed by atoms with van der Waals surface area (Å²) in [5.74, 6) is -0.956. The summed E-state index contributed by atoms with van der Waals surface area (Å²) < 4.78 is 0. The van der Waals surface area contributed by atoms with Crippen LogP contribution in [0.25, 0.3) is 6.08 Å². The predicted molar refractivity (Wildman–Crippen MR) is 132 cm³/mol. The van der Waals surface area contributed by atoms with E-state index >= 15 is 0 Å². The molecular formula is C27H27N3O4. The Balaban J connectivity index is 1.86. The quantitative estimate of drug-likeness (QED) is 0.297. The molecule has 0 heterocycles.